The first-order chi connectivity index (χ1) is 13.1. The summed E-state index contributed by atoms with van der Waals surface area (Å²) in [6.45, 7) is 8.44. The molecule has 1 aromatic carbocycles. The first-order valence-corrected chi connectivity index (χ1v) is 9.96. The maximum atomic E-state index is 12.6. The van der Waals surface area contributed by atoms with E-state index >= 15 is 0 Å². The number of halogens is 1. The third-order valence-electron chi connectivity index (χ3n) is 4.45. The summed E-state index contributed by atoms with van der Waals surface area (Å²) in [5, 5.41) is 2.91. The standard InChI is InChI=1S/C21H24BrN3O3/c1-13-15(22)6-5-7-16(13)24-19(26)18-9-8-14-12-25(11-10-17(14)23-18)20(27)28-21(2,3)4/h5-9H,10-12H2,1-4H3,(H,24,26). The molecule has 0 atom stereocenters. The second kappa shape index (κ2) is 7.91. The molecule has 0 aliphatic carbocycles. The van der Waals surface area contributed by atoms with Crippen LogP contribution < -0.4 is 5.32 Å². The Balaban J connectivity index is 1.72. The van der Waals surface area contributed by atoms with Gasteiger partial charge in [0.2, 0.25) is 0 Å². The van der Waals surface area contributed by atoms with Crippen molar-refractivity contribution < 1.29 is 14.3 Å². The summed E-state index contributed by atoms with van der Waals surface area (Å²) in [7, 11) is 0. The monoisotopic (exact) mass is 445 g/mol. The summed E-state index contributed by atoms with van der Waals surface area (Å²) in [6, 6.07) is 9.22. The molecule has 0 spiro atoms. The largest absolute Gasteiger partial charge is 0.444 e. The number of fused-ring (bicyclic) bond motifs is 1. The Morgan fingerprint density at radius 3 is 2.68 bits per heavy atom. The maximum absolute atomic E-state index is 12.6. The van der Waals surface area contributed by atoms with E-state index in [9.17, 15) is 9.59 Å². The number of rotatable bonds is 2. The molecule has 6 nitrogen and oxygen atoms in total. The smallest absolute Gasteiger partial charge is 0.410 e. The number of anilines is 1. The van der Waals surface area contributed by atoms with E-state index in [-0.39, 0.29) is 12.0 Å². The lowest BCUT2D eigenvalue weighted by Gasteiger charge is -2.30. The molecule has 0 fully saturated rings. The normalized spacial score (nSPS) is 13.7. The number of nitrogens with one attached hydrogen (secondary N) is 1. The van der Waals surface area contributed by atoms with Crippen LogP contribution in [-0.4, -0.2) is 34.0 Å². The van der Waals surface area contributed by atoms with Crippen LogP contribution in [0.1, 0.15) is 48.1 Å². The highest BCUT2D eigenvalue weighted by molar-refractivity contribution is 9.10. The minimum absolute atomic E-state index is 0.251. The Morgan fingerprint density at radius 1 is 1.21 bits per heavy atom. The van der Waals surface area contributed by atoms with Gasteiger partial charge in [-0.15, -0.1) is 0 Å². The van der Waals surface area contributed by atoms with Gasteiger partial charge in [-0.2, -0.15) is 0 Å². The van der Waals surface area contributed by atoms with E-state index in [1.807, 2.05) is 52.0 Å². The zero-order valence-corrected chi connectivity index (χ0v) is 18.1. The van der Waals surface area contributed by atoms with Crippen LogP contribution in [0.3, 0.4) is 0 Å². The van der Waals surface area contributed by atoms with Crippen LogP contribution in [0.5, 0.6) is 0 Å². The molecule has 0 bridgehead atoms. The summed E-state index contributed by atoms with van der Waals surface area (Å²) in [5.41, 5.74) is 3.33. The zero-order valence-electron chi connectivity index (χ0n) is 16.5. The Labute approximate surface area is 173 Å². The van der Waals surface area contributed by atoms with Crippen LogP contribution >= 0.6 is 15.9 Å². The third kappa shape index (κ3) is 4.70. The number of aromatic nitrogens is 1. The molecular formula is C21H24BrN3O3. The lowest BCUT2D eigenvalue weighted by molar-refractivity contribution is 0.0222. The zero-order chi connectivity index (χ0) is 20.5. The van der Waals surface area contributed by atoms with Crippen molar-refractivity contribution in [3.8, 4) is 0 Å². The van der Waals surface area contributed by atoms with E-state index in [1.165, 1.54) is 0 Å². The van der Waals surface area contributed by atoms with Crippen molar-refractivity contribution in [3.63, 3.8) is 0 Å². The van der Waals surface area contributed by atoms with Crippen molar-refractivity contribution in [3.05, 3.63) is 57.3 Å². The fourth-order valence-electron chi connectivity index (χ4n) is 2.95. The Morgan fingerprint density at radius 2 is 1.96 bits per heavy atom. The number of ether oxygens (including phenoxy) is 1. The van der Waals surface area contributed by atoms with Crippen LogP contribution in [0, 0.1) is 6.92 Å². The van der Waals surface area contributed by atoms with Gasteiger partial charge in [0, 0.05) is 28.8 Å². The average Bonchev–Trinajstić information content (AvgIpc) is 2.63. The molecule has 0 unspecified atom stereocenters. The second-order valence-electron chi connectivity index (χ2n) is 7.82. The van der Waals surface area contributed by atoms with Gasteiger partial charge in [0.15, 0.2) is 0 Å². The fourth-order valence-corrected chi connectivity index (χ4v) is 3.32. The molecular weight excluding hydrogens is 422 g/mol. The van der Waals surface area contributed by atoms with E-state index in [1.54, 1.807) is 11.0 Å². The van der Waals surface area contributed by atoms with Crippen molar-refractivity contribution in [1.29, 1.82) is 0 Å². The first kappa shape index (κ1) is 20.3. The lowest BCUT2D eigenvalue weighted by Crippen LogP contribution is -2.40. The molecule has 1 aliphatic heterocycles. The molecule has 3 rings (SSSR count). The van der Waals surface area contributed by atoms with Crippen molar-refractivity contribution in [2.75, 3.05) is 11.9 Å². The van der Waals surface area contributed by atoms with Gasteiger partial charge in [0.05, 0.1) is 6.54 Å². The molecule has 1 N–H and O–H groups in total. The topological polar surface area (TPSA) is 71.5 Å². The summed E-state index contributed by atoms with van der Waals surface area (Å²) < 4.78 is 6.38. The minimum atomic E-state index is -0.526. The van der Waals surface area contributed by atoms with Crippen LogP contribution in [0.2, 0.25) is 0 Å². The summed E-state index contributed by atoms with van der Waals surface area (Å²) in [6.07, 6.45) is 0.260. The molecule has 2 aromatic rings. The predicted octanol–water partition coefficient (Wildman–Crippen LogP) is 4.70. The van der Waals surface area contributed by atoms with Gasteiger partial charge in [-0.3, -0.25) is 4.79 Å². The van der Waals surface area contributed by atoms with Crippen LogP contribution in [0.15, 0.2) is 34.8 Å². The molecule has 148 valence electrons. The fraction of sp³-hybridized carbons (Fsp3) is 0.381. The summed E-state index contributed by atoms with van der Waals surface area (Å²) in [5.74, 6) is -0.251. The molecule has 2 amide bonds. The van der Waals surface area contributed by atoms with E-state index in [0.29, 0.717) is 25.2 Å². The SMILES string of the molecule is Cc1c(Br)cccc1NC(=O)c1ccc2c(n1)CCN(C(=O)OC(C)(C)C)C2. The number of hydrogen-bond acceptors (Lipinski definition) is 4. The molecule has 1 aromatic heterocycles. The predicted molar refractivity (Wildman–Crippen MR) is 111 cm³/mol. The van der Waals surface area contributed by atoms with Crippen LogP contribution in [0.25, 0.3) is 0 Å². The van der Waals surface area contributed by atoms with Crippen molar-refractivity contribution in [2.45, 2.75) is 46.3 Å². The Kier molecular flexibility index (Phi) is 5.74. The first-order valence-electron chi connectivity index (χ1n) is 9.17. The summed E-state index contributed by atoms with van der Waals surface area (Å²) in [4.78, 5) is 31.1. The van der Waals surface area contributed by atoms with Gasteiger partial charge in [0.1, 0.15) is 11.3 Å². The minimum Gasteiger partial charge on any atom is -0.444 e. The van der Waals surface area contributed by atoms with Gasteiger partial charge >= 0.3 is 6.09 Å². The van der Waals surface area contributed by atoms with Crippen LogP contribution in [-0.2, 0) is 17.7 Å². The van der Waals surface area contributed by atoms with E-state index in [0.717, 1.165) is 27.0 Å². The summed E-state index contributed by atoms with van der Waals surface area (Å²) >= 11 is 3.47. The van der Waals surface area contributed by atoms with Crippen molar-refractivity contribution in [2.24, 2.45) is 0 Å². The van der Waals surface area contributed by atoms with Gasteiger partial charge in [-0.05, 0) is 57.0 Å². The highest BCUT2D eigenvalue weighted by atomic mass is 79.9. The number of carbonyl (C=O) groups is 2. The lowest BCUT2D eigenvalue weighted by atomic mass is 10.1. The van der Waals surface area contributed by atoms with E-state index in [2.05, 4.69) is 26.2 Å². The molecule has 2 heterocycles. The third-order valence-corrected chi connectivity index (χ3v) is 5.31. The number of benzene rings is 1. The number of hydrogen-bond donors (Lipinski definition) is 1. The van der Waals surface area contributed by atoms with Crippen molar-refractivity contribution in [1.82, 2.24) is 9.88 Å². The quantitative estimate of drug-likeness (QED) is 0.726. The highest BCUT2D eigenvalue weighted by Gasteiger charge is 2.26. The number of amides is 2. The molecule has 0 saturated carbocycles. The number of nitrogens with zero attached hydrogens (tertiary/aromatic N) is 2. The van der Waals surface area contributed by atoms with E-state index in [4.69, 9.17) is 4.74 Å². The molecule has 0 radical (unpaired) electrons. The number of pyridine rings is 1. The van der Waals surface area contributed by atoms with Gasteiger partial charge in [-0.1, -0.05) is 28.1 Å². The van der Waals surface area contributed by atoms with Crippen LogP contribution in [0.4, 0.5) is 10.5 Å². The molecule has 28 heavy (non-hydrogen) atoms. The van der Waals surface area contributed by atoms with Gasteiger partial charge in [-0.25, -0.2) is 9.78 Å². The Bertz CT molecular complexity index is 922. The molecule has 7 heteroatoms. The molecule has 1 aliphatic rings. The van der Waals surface area contributed by atoms with Gasteiger partial charge in [0.25, 0.3) is 5.91 Å². The Hall–Kier alpha value is -2.41. The van der Waals surface area contributed by atoms with Crippen molar-refractivity contribution >= 4 is 33.6 Å². The van der Waals surface area contributed by atoms with E-state index < -0.39 is 5.60 Å². The maximum Gasteiger partial charge on any atom is 0.410 e. The number of carbonyl (C=O) groups excluding carboxylic acids is 2. The second-order valence-corrected chi connectivity index (χ2v) is 8.68. The average molecular weight is 446 g/mol. The van der Waals surface area contributed by atoms with Gasteiger partial charge < -0.3 is 15.0 Å². The molecule has 0 saturated heterocycles. The highest BCUT2D eigenvalue weighted by Crippen LogP contribution is 2.24.